The smallest absolute Gasteiger partial charge is 0.251 e. The van der Waals surface area contributed by atoms with Crippen LogP contribution in [-0.4, -0.2) is 39.0 Å². The number of fused-ring (bicyclic) bond motifs is 1. The van der Waals surface area contributed by atoms with Gasteiger partial charge in [0.2, 0.25) is 5.95 Å². The van der Waals surface area contributed by atoms with Gasteiger partial charge in [-0.05, 0) is 36.8 Å². The van der Waals surface area contributed by atoms with E-state index in [4.69, 9.17) is 4.74 Å². The van der Waals surface area contributed by atoms with Crippen LogP contribution in [0.5, 0.6) is 5.75 Å². The zero-order valence-corrected chi connectivity index (χ0v) is 13.7. The first kappa shape index (κ1) is 15.7. The highest BCUT2D eigenvalue weighted by Crippen LogP contribution is 2.20. The van der Waals surface area contributed by atoms with Crippen LogP contribution in [0.3, 0.4) is 0 Å². The normalized spacial score (nSPS) is 15.3. The predicted molar refractivity (Wildman–Crippen MR) is 91.0 cm³/mol. The summed E-state index contributed by atoms with van der Waals surface area (Å²) >= 11 is 0. The number of aryl methyl sites for hydroxylation is 1. The second kappa shape index (κ2) is 6.25. The maximum absolute atomic E-state index is 12.8. The molecule has 0 saturated carbocycles. The summed E-state index contributed by atoms with van der Waals surface area (Å²) in [5.41, 5.74) is 3.14. The molecule has 1 N–H and O–H groups in total. The van der Waals surface area contributed by atoms with E-state index < -0.39 is 5.95 Å². The molecule has 0 atom stereocenters. The average Bonchev–Trinajstić information content (AvgIpc) is 2.56. The van der Waals surface area contributed by atoms with Crippen LogP contribution < -0.4 is 10.3 Å². The van der Waals surface area contributed by atoms with Crippen LogP contribution in [0.2, 0.25) is 0 Å². The van der Waals surface area contributed by atoms with E-state index in [9.17, 15) is 9.18 Å². The summed E-state index contributed by atoms with van der Waals surface area (Å²) in [6.07, 6.45) is 3.30. The van der Waals surface area contributed by atoms with Crippen molar-refractivity contribution in [2.45, 2.75) is 19.6 Å². The maximum atomic E-state index is 12.8. The summed E-state index contributed by atoms with van der Waals surface area (Å²) in [5, 5.41) is 0. The molecule has 128 valence electrons. The molecule has 1 aliphatic rings. The monoisotopic (exact) mass is 340 g/mol. The first-order valence-corrected chi connectivity index (χ1v) is 8.06. The number of hydrogen-bond acceptors (Lipinski definition) is 5. The Morgan fingerprint density at radius 2 is 2.12 bits per heavy atom. The van der Waals surface area contributed by atoms with Crippen molar-refractivity contribution >= 4 is 11.0 Å². The lowest BCUT2D eigenvalue weighted by molar-refractivity contribution is 0.0142. The highest BCUT2D eigenvalue weighted by molar-refractivity contribution is 5.74. The average molecular weight is 340 g/mol. The molecule has 0 unspecified atom stereocenters. The molecule has 0 aromatic carbocycles. The van der Waals surface area contributed by atoms with Gasteiger partial charge in [-0.2, -0.15) is 4.39 Å². The Balaban J connectivity index is 1.37. The molecule has 3 aromatic heterocycles. The van der Waals surface area contributed by atoms with E-state index in [1.165, 1.54) is 12.3 Å². The second-order valence-corrected chi connectivity index (χ2v) is 6.31. The van der Waals surface area contributed by atoms with Crippen molar-refractivity contribution in [2.24, 2.45) is 0 Å². The molecule has 4 heterocycles. The van der Waals surface area contributed by atoms with Crippen LogP contribution in [0, 0.1) is 12.9 Å². The second-order valence-electron chi connectivity index (χ2n) is 6.31. The topological polar surface area (TPSA) is 71.1 Å². The number of ether oxygens (including phenoxy) is 1. The number of H-pyrrole nitrogens is 1. The number of rotatable bonds is 4. The fourth-order valence-electron chi connectivity index (χ4n) is 2.92. The lowest BCUT2D eigenvalue weighted by Gasteiger charge is -2.38. The van der Waals surface area contributed by atoms with Gasteiger partial charge in [-0.15, -0.1) is 0 Å². The number of likely N-dealkylation sites (tertiary alicyclic amines) is 1. The van der Waals surface area contributed by atoms with E-state index in [2.05, 4.69) is 19.9 Å². The number of halogens is 1. The van der Waals surface area contributed by atoms with Crippen molar-refractivity contribution in [2.75, 3.05) is 13.1 Å². The van der Waals surface area contributed by atoms with Gasteiger partial charge in [0.1, 0.15) is 11.9 Å². The van der Waals surface area contributed by atoms with Crippen LogP contribution >= 0.6 is 0 Å². The van der Waals surface area contributed by atoms with Crippen LogP contribution in [0.1, 0.15) is 11.1 Å². The van der Waals surface area contributed by atoms with Crippen molar-refractivity contribution in [3.63, 3.8) is 0 Å². The number of nitrogens with one attached hydrogen (secondary N) is 1. The zero-order valence-electron chi connectivity index (χ0n) is 13.7. The minimum Gasteiger partial charge on any atom is -0.486 e. The third-order valence-corrected chi connectivity index (χ3v) is 4.27. The van der Waals surface area contributed by atoms with E-state index in [1.54, 1.807) is 19.1 Å². The van der Waals surface area contributed by atoms with Gasteiger partial charge in [-0.3, -0.25) is 14.7 Å². The minimum absolute atomic E-state index is 0.0723. The standard InChI is InChI=1S/C18H17FN4O2/c1-11-4-15-16(22-18(11)24)5-12(6-20-15)8-23-9-14(10-23)25-13-2-3-17(19)21-7-13/h2-7,14H,8-10H2,1H3,(H,22,24). The molecule has 1 fully saturated rings. The third kappa shape index (κ3) is 3.36. The van der Waals surface area contributed by atoms with Gasteiger partial charge < -0.3 is 9.72 Å². The predicted octanol–water partition coefficient (Wildman–Crippen LogP) is 2.03. The molecule has 25 heavy (non-hydrogen) atoms. The molecule has 0 aliphatic carbocycles. The zero-order chi connectivity index (χ0) is 17.4. The molecule has 1 saturated heterocycles. The Hall–Kier alpha value is -2.80. The molecule has 6 nitrogen and oxygen atoms in total. The molecule has 3 aromatic rings. The van der Waals surface area contributed by atoms with Gasteiger partial charge in [-0.25, -0.2) is 4.98 Å². The number of hydrogen-bond donors (Lipinski definition) is 1. The number of aromatic nitrogens is 3. The molecule has 1 aliphatic heterocycles. The van der Waals surface area contributed by atoms with Crippen molar-refractivity contribution < 1.29 is 9.13 Å². The van der Waals surface area contributed by atoms with E-state index in [1.807, 2.05) is 12.3 Å². The Morgan fingerprint density at radius 1 is 1.28 bits per heavy atom. The van der Waals surface area contributed by atoms with Crippen molar-refractivity contribution in [1.29, 1.82) is 0 Å². The summed E-state index contributed by atoms with van der Waals surface area (Å²) < 4.78 is 18.5. The summed E-state index contributed by atoms with van der Waals surface area (Å²) in [4.78, 5) is 24.8. The first-order chi connectivity index (χ1) is 12.1. The Labute approximate surface area is 143 Å². The molecule has 0 spiro atoms. The summed E-state index contributed by atoms with van der Waals surface area (Å²) in [5.74, 6) is 0.0611. The van der Waals surface area contributed by atoms with Gasteiger partial charge >= 0.3 is 0 Å². The Bertz CT molecular complexity index is 965. The Kier molecular flexibility index (Phi) is 3.93. The largest absolute Gasteiger partial charge is 0.486 e. The lowest BCUT2D eigenvalue weighted by Crippen LogP contribution is -2.53. The highest BCUT2D eigenvalue weighted by atomic mass is 19.1. The van der Waals surface area contributed by atoms with E-state index in [0.29, 0.717) is 11.3 Å². The highest BCUT2D eigenvalue weighted by Gasteiger charge is 2.28. The molecule has 7 heteroatoms. The van der Waals surface area contributed by atoms with Gasteiger partial charge in [0.15, 0.2) is 0 Å². The van der Waals surface area contributed by atoms with Crippen LogP contribution in [-0.2, 0) is 6.54 Å². The van der Waals surface area contributed by atoms with Crippen LogP contribution in [0.4, 0.5) is 4.39 Å². The number of aromatic amines is 1. The quantitative estimate of drug-likeness (QED) is 0.736. The fourth-order valence-corrected chi connectivity index (χ4v) is 2.92. The maximum Gasteiger partial charge on any atom is 0.251 e. The van der Waals surface area contributed by atoms with Crippen molar-refractivity contribution in [3.8, 4) is 5.75 Å². The summed E-state index contributed by atoms with van der Waals surface area (Å²) in [7, 11) is 0. The molecular formula is C18H17FN4O2. The fraction of sp³-hybridized carbons (Fsp3) is 0.278. The van der Waals surface area contributed by atoms with Gasteiger partial charge in [0.05, 0.1) is 17.2 Å². The lowest BCUT2D eigenvalue weighted by atomic mass is 10.1. The number of pyridine rings is 3. The first-order valence-electron chi connectivity index (χ1n) is 8.06. The van der Waals surface area contributed by atoms with Crippen LogP contribution in [0.15, 0.2) is 41.5 Å². The summed E-state index contributed by atoms with van der Waals surface area (Å²) in [6.45, 7) is 4.06. The molecule has 0 amide bonds. The van der Waals surface area contributed by atoms with Crippen molar-refractivity contribution in [3.05, 3.63) is 64.1 Å². The SMILES string of the molecule is Cc1cc2ncc(CN3CC(Oc4ccc(F)nc4)C3)cc2[nH]c1=O. The van der Waals surface area contributed by atoms with E-state index in [0.717, 1.165) is 36.2 Å². The van der Waals surface area contributed by atoms with Gasteiger partial charge in [-0.1, -0.05) is 0 Å². The molecular weight excluding hydrogens is 323 g/mol. The minimum atomic E-state index is -0.514. The Morgan fingerprint density at radius 3 is 2.88 bits per heavy atom. The third-order valence-electron chi connectivity index (χ3n) is 4.27. The summed E-state index contributed by atoms with van der Waals surface area (Å²) in [6, 6.07) is 6.62. The molecule has 0 bridgehead atoms. The molecule has 4 rings (SSSR count). The van der Waals surface area contributed by atoms with Crippen molar-refractivity contribution in [1.82, 2.24) is 19.9 Å². The van der Waals surface area contributed by atoms with E-state index in [-0.39, 0.29) is 11.7 Å². The number of nitrogens with zero attached hydrogens (tertiary/aromatic N) is 3. The van der Waals surface area contributed by atoms with Gasteiger partial charge in [0.25, 0.3) is 5.56 Å². The van der Waals surface area contributed by atoms with Gasteiger partial charge in [0, 0.05) is 31.4 Å². The molecule has 0 radical (unpaired) electrons. The van der Waals surface area contributed by atoms with E-state index >= 15 is 0 Å². The van der Waals surface area contributed by atoms with Crippen LogP contribution in [0.25, 0.3) is 11.0 Å².